The van der Waals surface area contributed by atoms with Crippen LogP contribution in [0, 0.1) is 11.3 Å². The molecule has 1 atom stereocenters. The van der Waals surface area contributed by atoms with Gasteiger partial charge in [-0.1, -0.05) is 0 Å². The molecule has 0 bridgehead atoms. The number of rotatable bonds is 6. The predicted molar refractivity (Wildman–Crippen MR) is 112 cm³/mol. The van der Waals surface area contributed by atoms with Crippen LogP contribution in [0.3, 0.4) is 0 Å². The SMILES string of the molecule is CC(C)(O)CCC(=O)N1CCC2(CC1)CC2CNC(=O)C1=CC2=C(C=CNC2)C1. The van der Waals surface area contributed by atoms with Crippen molar-refractivity contribution in [2.45, 2.75) is 58.0 Å². The predicted octanol–water partition coefficient (Wildman–Crippen LogP) is 2.03. The molecule has 2 amide bonds. The van der Waals surface area contributed by atoms with Gasteiger partial charge < -0.3 is 20.6 Å². The highest BCUT2D eigenvalue weighted by Gasteiger charge is 2.54. The molecule has 0 radical (unpaired) electrons. The van der Waals surface area contributed by atoms with Crippen molar-refractivity contribution in [1.82, 2.24) is 15.5 Å². The van der Waals surface area contributed by atoms with Gasteiger partial charge in [0, 0.05) is 44.6 Å². The Bertz CT molecular complexity index is 780. The third-order valence-corrected chi connectivity index (χ3v) is 7.06. The zero-order chi connectivity index (χ0) is 20.6. The number of allylic oxidation sites excluding steroid dienone is 2. The molecule has 1 saturated heterocycles. The molecule has 2 fully saturated rings. The number of dihydropyridines is 1. The number of amides is 2. The van der Waals surface area contributed by atoms with Gasteiger partial charge >= 0.3 is 0 Å². The van der Waals surface area contributed by atoms with Gasteiger partial charge in [-0.25, -0.2) is 0 Å². The minimum absolute atomic E-state index is 0.0640. The number of likely N-dealkylation sites (tertiary alicyclic amines) is 1. The quantitative estimate of drug-likeness (QED) is 0.638. The van der Waals surface area contributed by atoms with Gasteiger partial charge in [-0.3, -0.25) is 9.59 Å². The summed E-state index contributed by atoms with van der Waals surface area (Å²) in [6, 6.07) is 0. The molecule has 4 aliphatic rings. The van der Waals surface area contributed by atoms with E-state index < -0.39 is 5.60 Å². The Labute approximate surface area is 173 Å². The zero-order valence-corrected chi connectivity index (χ0v) is 17.6. The second kappa shape index (κ2) is 7.63. The fraction of sp³-hybridized carbons (Fsp3) is 0.652. The maximum atomic E-state index is 12.6. The fourth-order valence-corrected chi connectivity index (χ4v) is 4.91. The first-order valence-corrected chi connectivity index (χ1v) is 10.9. The Morgan fingerprint density at radius 1 is 1.31 bits per heavy atom. The average Bonchev–Trinajstić information content (AvgIpc) is 3.16. The average molecular weight is 400 g/mol. The lowest BCUT2D eigenvalue weighted by molar-refractivity contribution is -0.134. The Hall–Kier alpha value is -2.08. The van der Waals surface area contributed by atoms with Gasteiger partial charge in [-0.05, 0) is 80.4 Å². The van der Waals surface area contributed by atoms with E-state index in [4.69, 9.17) is 0 Å². The number of carbonyl (C=O) groups excluding carboxylic acids is 2. The van der Waals surface area contributed by atoms with E-state index in [1.54, 1.807) is 13.8 Å². The van der Waals surface area contributed by atoms with Crippen LogP contribution >= 0.6 is 0 Å². The summed E-state index contributed by atoms with van der Waals surface area (Å²) in [6.45, 7) is 6.64. The van der Waals surface area contributed by atoms with Gasteiger partial charge in [0.1, 0.15) is 0 Å². The standard InChI is InChI=1S/C23H33N3O3/c1-22(2,29)5-3-20(27)26-9-6-23(7-10-26)13-19(23)15-25-21(28)17-11-16-4-8-24-14-18(16)12-17/h4,8,12,19,24,29H,3,5-7,9-11,13-15H2,1-2H3,(H,25,28). The Morgan fingerprint density at radius 3 is 2.76 bits per heavy atom. The Morgan fingerprint density at radius 2 is 2.07 bits per heavy atom. The van der Waals surface area contributed by atoms with Crippen LogP contribution in [0.4, 0.5) is 0 Å². The second-order valence-electron chi connectivity index (χ2n) is 9.78. The molecule has 6 heteroatoms. The van der Waals surface area contributed by atoms with Crippen molar-refractivity contribution in [1.29, 1.82) is 0 Å². The Balaban J connectivity index is 1.19. The lowest BCUT2D eigenvalue weighted by atomic mass is 9.90. The number of nitrogens with zero attached hydrogens (tertiary/aromatic N) is 1. The number of aliphatic hydroxyl groups is 1. The molecule has 1 unspecified atom stereocenters. The summed E-state index contributed by atoms with van der Waals surface area (Å²) in [5, 5.41) is 16.2. The van der Waals surface area contributed by atoms with E-state index in [0.717, 1.165) is 57.4 Å². The van der Waals surface area contributed by atoms with Crippen molar-refractivity contribution >= 4 is 11.8 Å². The molecule has 1 saturated carbocycles. The highest BCUT2D eigenvalue weighted by molar-refractivity contribution is 5.95. The van der Waals surface area contributed by atoms with E-state index >= 15 is 0 Å². The molecule has 0 aromatic rings. The summed E-state index contributed by atoms with van der Waals surface area (Å²) in [6.07, 6.45) is 10.9. The number of nitrogens with one attached hydrogen (secondary N) is 2. The summed E-state index contributed by atoms with van der Waals surface area (Å²) in [7, 11) is 0. The van der Waals surface area contributed by atoms with E-state index in [1.807, 2.05) is 17.2 Å². The van der Waals surface area contributed by atoms with E-state index in [2.05, 4.69) is 16.7 Å². The van der Waals surface area contributed by atoms with E-state index in [-0.39, 0.29) is 11.8 Å². The lowest BCUT2D eigenvalue weighted by Crippen LogP contribution is -2.40. The van der Waals surface area contributed by atoms with Crippen LogP contribution in [0.5, 0.6) is 0 Å². The first kappa shape index (κ1) is 20.2. The summed E-state index contributed by atoms with van der Waals surface area (Å²) in [5.41, 5.74) is 2.86. The van der Waals surface area contributed by atoms with Crippen molar-refractivity contribution in [3.8, 4) is 0 Å². The molecule has 2 heterocycles. The maximum Gasteiger partial charge on any atom is 0.247 e. The van der Waals surface area contributed by atoms with Crippen molar-refractivity contribution in [2.75, 3.05) is 26.2 Å². The molecule has 6 nitrogen and oxygen atoms in total. The van der Waals surface area contributed by atoms with Gasteiger partial charge in [-0.15, -0.1) is 0 Å². The molecular formula is C23H33N3O3. The van der Waals surface area contributed by atoms with Crippen molar-refractivity contribution in [3.63, 3.8) is 0 Å². The van der Waals surface area contributed by atoms with Crippen LogP contribution in [0.2, 0.25) is 0 Å². The largest absolute Gasteiger partial charge is 0.390 e. The fourth-order valence-electron chi connectivity index (χ4n) is 4.91. The van der Waals surface area contributed by atoms with Gasteiger partial charge in [0.05, 0.1) is 5.60 Å². The van der Waals surface area contributed by atoms with Crippen LogP contribution in [0.15, 0.2) is 35.1 Å². The van der Waals surface area contributed by atoms with Gasteiger partial charge in [0.25, 0.3) is 0 Å². The molecule has 4 rings (SSSR count). The number of hydrogen-bond acceptors (Lipinski definition) is 4. The van der Waals surface area contributed by atoms with Crippen molar-refractivity contribution in [3.05, 3.63) is 35.1 Å². The first-order chi connectivity index (χ1) is 13.8. The summed E-state index contributed by atoms with van der Waals surface area (Å²) < 4.78 is 0. The molecule has 0 aromatic heterocycles. The molecule has 3 N–H and O–H groups in total. The van der Waals surface area contributed by atoms with Gasteiger partial charge in [0.2, 0.25) is 11.8 Å². The van der Waals surface area contributed by atoms with Crippen LogP contribution in [-0.2, 0) is 9.59 Å². The molecule has 1 spiro atoms. The lowest BCUT2D eigenvalue weighted by Gasteiger charge is -2.33. The maximum absolute atomic E-state index is 12.6. The van der Waals surface area contributed by atoms with E-state index in [1.165, 1.54) is 11.1 Å². The number of carbonyl (C=O) groups is 2. The van der Waals surface area contributed by atoms with Crippen LogP contribution in [0.25, 0.3) is 0 Å². The van der Waals surface area contributed by atoms with Crippen LogP contribution < -0.4 is 10.6 Å². The third-order valence-electron chi connectivity index (χ3n) is 7.06. The minimum atomic E-state index is -0.789. The molecule has 0 aromatic carbocycles. The second-order valence-corrected chi connectivity index (χ2v) is 9.78. The van der Waals surface area contributed by atoms with E-state index in [0.29, 0.717) is 24.2 Å². The monoisotopic (exact) mass is 399 g/mol. The van der Waals surface area contributed by atoms with Crippen LogP contribution in [-0.4, -0.2) is 53.6 Å². The molecule has 2 aliphatic carbocycles. The smallest absolute Gasteiger partial charge is 0.247 e. The van der Waals surface area contributed by atoms with Crippen LogP contribution in [0.1, 0.15) is 52.4 Å². The topological polar surface area (TPSA) is 81.7 Å². The third kappa shape index (κ3) is 4.58. The van der Waals surface area contributed by atoms with Gasteiger partial charge in [-0.2, -0.15) is 0 Å². The zero-order valence-electron chi connectivity index (χ0n) is 17.6. The summed E-state index contributed by atoms with van der Waals surface area (Å²) in [4.78, 5) is 26.9. The van der Waals surface area contributed by atoms with E-state index in [9.17, 15) is 14.7 Å². The molecular weight excluding hydrogens is 366 g/mol. The summed E-state index contributed by atoms with van der Waals surface area (Å²) in [5.74, 6) is 0.751. The molecule has 29 heavy (non-hydrogen) atoms. The van der Waals surface area contributed by atoms with Crippen molar-refractivity contribution in [2.24, 2.45) is 11.3 Å². The summed E-state index contributed by atoms with van der Waals surface area (Å²) >= 11 is 0. The number of hydrogen-bond donors (Lipinski definition) is 3. The number of piperidine rings is 1. The molecule has 158 valence electrons. The first-order valence-electron chi connectivity index (χ1n) is 10.9. The minimum Gasteiger partial charge on any atom is -0.390 e. The normalized spacial score (nSPS) is 24.9. The van der Waals surface area contributed by atoms with Crippen molar-refractivity contribution < 1.29 is 14.7 Å². The Kier molecular flexibility index (Phi) is 5.32. The highest BCUT2D eigenvalue weighted by atomic mass is 16.3. The highest BCUT2D eigenvalue weighted by Crippen LogP contribution is 2.59. The molecule has 2 aliphatic heterocycles. The van der Waals surface area contributed by atoms with Gasteiger partial charge in [0.15, 0.2) is 0 Å².